The lowest BCUT2D eigenvalue weighted by Crippen LogP contribution is -2.10. The first-order valence-electron chi connectivity index (χ1n) is 4.97. The van der Waals surface area contributed by atoms with Crippen molar-refractivity contribution in [3.63, 3.8) is 0 Å². The smallest absolute Gasteiger partial charge is 0.232 e. The Morgan fingerprint density at radius 2 is 2.27 bits per heavy atom. The number of nitrogens with zero attached hydrogens (tertiary/aromatic N) is 2. The van der Waals surface area contributed by atoms with Gasteiger partial charge in [0.25, 0.3) is 0 Å². The summed E-state index contributed by atoms with van der Waals surface area (Å²) in [6.45, 7) is 0.907. The van der Waals surface area contributed by atoms with Crippen molar-refractivity contribution in [1.29, 1.82) is 0 Å². The monoisotopic (exact) mass is 248 g/mol. The Morgan fingerprint density at radius 1 is 1.53 bits per heavy atom. The third-order valence-electron chi connectivity index (χ3n) is 2.53. The van der Waals surface area contributed by atoms with Gasteiger partial charge >= 0.3 is 0 Å². The second-order valence-corrected chi connectivity index (χ2v) is 6.84. The predicted octanol–water partition coefficient (Wildman–Crippen LogP) is 1.40. The maximum Gasteiger partial charge on any atom is 0.232 e. The van der Waals surface area contributed by atoms with Crippen LogP contribution >= 0.6 is 10.7 Å². The van der Waals surface area contributed by atoms with E-state index >= 15 is 0 Å². The minimum atomic E-state index is -3.40. The highest BCUT2D eigenvalue weighted by atomic mass is 35.7. The molecule has 0 bridgehead atoms. The van der Waals surface area contributed by atoms with Gasteiger partial charge in [0, 0.05) is 35.5 Å². The van der Waals surface area contributed by atoms with Gasteiger partial charge in [-0.1, -0.05) is 0 Å². The van der Waals surface area contributed by atoms with Crippen molar-refractivity contribution < 1.29 is 8.42 Å². The van der Waals surface area contributed by atoms with Crippen molar-refractivity contribution in [2.24, 2.45) is 5.92 Å². The van der Waals surface area contributed by atoms with Gasteiger partial charge in [0.15, 0.2) is 0 Å². The zero-order chi connectivity index (χ0) is 10.9. The quantitative estimate of drug-likeness (QED) is 0.741. The van der Waals surface area contributed by atoms with Crippen molar-refractivity contribution in [3.05, 3.63) is 18.0 Å². The Balaban J connectivity index is 1.97. The van der Waals surface area contributed by atoms with E-state index in [0.29, 0.717) is 6.42 Å². The lowest BCUT2D eigenvalue weighted by atomic mass is 10.3. The van der Waals surface area contributed by atoms with Crippen LogP contribution in [0.2, 0.25) is 0 Å². The minimum Gasteiger partial charge on any atom is -0.269 e. The highest BCUT2D eigenvalue weighted by molar-refractivity contribution is 8.13. The molecule has 15 heavy (non-hydrogen) atoms. The summed E-state index contributed by atoms with van der Waals surface area (Å²) in [6, 6.07) is 1.85. The molecule has 0 aromatic carbocycles. The zero-order valence-electron chi connectivity index (χ0n) is 8.26. The molecule has 1 fully saturated rings. The number of hydrogen-bond acceptors (Lipinski definition) is 3. The third-order valence-corrected chi connectivity index (χ3v) is 3.69. The van der Waals surface area contributed by atoms with Gasteiger partial charge < -0.3 is 0 Å². The van der Waals surface area contributed by atoms with Gasteiger partial charge in [-0.2, -0.15) is 5.10 Å². The first kappa shape index (κ1) is 11.0. The molecule has 1 saturated carbocycles. The lowest BCUT2D eigenvalue weighted by Gasteiger charge is -2.05. The van der Waals surface area contributed by atoms with Gasteiger partial charge in [0.05, 0.1) is 5.75 Å². The van der Waals surface area contributed by atoms with Crippen molar-refractivity contribution in [3.8, 4) is 0 Å². The van der Waals surface area contributed by atoms with Crippen LogP contribution in [-0.2, 0) is 22.0 Å². The Hall–Kier alpha value is -0.550. The molecule has 84 valence electrons. The third kappa shape index (κ3) is 3.50. The Morgan fingerprint density at radius 3 is 2.87 bits per heavy atom. The summed E-state index contributed by atoms with van der Waals surface area (Å²) in [4.78, 5) is 0. The molecule has 1 aliphatic carbocycles. The average Bonchev–Trinajstić information content (AvgIpc) is 2.80. The minimum absolute atomic E-state index is 0.0229. The largest absolute Gasteiger partial charge is 0.269 e. The van der Waals surface area contributed by atoms with E-state index in [1.165, 1.54) is 12.8 Å². The van der Waals surface area contributed by atoms with Crippen LogP contribution < -0.4 is 0 Å². The summed E-state index contributed by atoms with van der Waals surface area (Å²) in [5, 5.41) is 4.18. The van der Waals surface area contributed by atoms with E-state index < -0.39 is 9.05 Å². The molecule has 0 amide bonds. The van der Waals surface area contributed by atoms with Crippen molar-refractivity contribution >= 4 is 19.7 Å². The molecule has 6 heteroatoms. The van der Waals surface area contributed by atoms with Crippen LogP contribution in [0.4, 0.5) is 0 Å². The molecule has 0 radical (unpaired) electrons. The summed E-state index contributed by atoms with van der Waals surface area (Å²) in [5.74, 6) is 0.710. The number of halogens is 1. The van der Waals surface area contributed by atoms with E-state index in [0.717, 1.165) is 18.2 Å². The van der Waals surface area contributed by atoms with E-state index in [-0.39, 0.29) is 5.75 Å². The molecule has 0 atom stereocenters. The van der Waals surface area contributed by atoms with Crippen LogP contribution in [-0.4, -0.2) is 24.0 Å². The van der Waals surface area contributed by atoms with E-state index in [2.05, 4.69) is 5.10 Å². The van der Waals surface area contributed by atoms with Crippen LogP contribution in [0.15, 0.2) is 12.3 Å². The Kier molecular flexibility index (Phi) is 3.02. The molecular weight excluding hydrogens is 236 g/mol. The molecule has 0 unspecified atom stereocenters. The van der Waals surface area contributed by atoms with Gasteiger partial charge in [-0.25, -0.2) is 8.42 Å². The highest BCUT2D eigenvalue weighted by Gasteiger charge is 2.23. The van der Waals surface area contributed by atoms with Crippen LogP contribution in [0.3, 0.4) is 0 Å². The van der Waals surface area contributed by atoms with Gasteiger partial charge in [0.2, 0.25) is 9.05 Å². The van der Waals surface area contributed by atoms with Crippen LogP contribution in [0, 0.1) is 5.92 Å². The fraction of sp³-hybridized carbons (Fsp3) is 0.667. The van der Waals surface area contributed by atoms with Crippen LogP contribution in [0.5, 0.6) is 0 Å². The summed E-state index contributed by atoms with van der Waals surface area (Å²) >= 11 is 0. The van der Waals surface area contributed by atoms with E-state index in [1.807, 2.05) is 10.7 Å². The molecule has 0 aliphatic heterocycles. The Labute approximate surface area is 93.7 Å². The summed E-state index contributed by atoms with van der Waals surface area (Å²) in [7, 11) is 1.76. The van der Waals surface area contributed by atoms with Gasteiger partial charge in [-0.05, 0) is 24.8 Å². The second-order valence-electron chi connectivity index (χ2n) is 3.94. The fourth-order valence-electron chi connectivity index (χ4n) is 1.51. The maximum atomic E-state index is 10.8. The molecule has 0 saturated heterocycles. The lowest BCUT2D eigenvalue weighted by molar-refractivity contribution is 0.541. The summed E-state index contributed by atoms with van der Waals surface area (Å²) in [6.07, 6.45) is 4.66. The highest BCUT2D eigenvalue weighted by Crippen LogP contribution is 2.30. The predicted molar refractivity (Wildman–Crippen MR) is 58.3 cm³/mol. The molecule has 2 rings (SSSR count). The van der Waals surface area contributed by atoms with E-state index in [4.69, 9.17) is 10.7 Å². The normalized spacial score (nSPS) is 16.9. The van der Waals surface area contributed by atoms with E-state index in [9.17, 15) is 8.42 Å². The molecule has 1 aliphatic rings. The van der Waals surface area contributed by atoms with E-state index in [1.54, 1.807) is 6.20 Å². The first-order chi connectivity index (χ1) is 7.04. The fourth-order valence-corrected chi connectivity index (χ4v) is 2.19. The SMILES string of the molecule is O=S(=O)(Cl)CCc1ccnn1CC1CC1. The Bertz CT molecular complexity index is 437. The molecule has 0 spiro atoms. The number of aromatic nitrogens is 2. The number of hydrogen-bond donors (Lipinski definition) is 0. The van der Waals surface area contributed by atoms with Crippen molar-refractivity contribution in [1.82, 2.24) is 9.78 Å². The zero-order valence-corrected chi connectivity index (χ0v) is 9.84. The van der Waals surface area contributed by atoms with Gasteiger partial charge in [-0.3, -0.25) is 4.68 Å². The van der Waals surface area contributed by atoms with Crippen LogP contribution in [0.1, 0.15) is 18.5 Å². The average molecular weight is 249 g/mol. The standard InChI is InChI=1S/C9H13ClN2O2S/c10-15(13,14)6-4-9-3-5-11-12(9)7-8-1-2-8/h3,5,8H,1-2,4,6-7H2. The van der Waals surface area contributed by atoms with Crippen molar-refractivity contribution in [2.45, 2.75) is 25.8 Å². The molecule has 1 aromatic heterocycles. The van der Waals surface area contributed by atoms with Gasteiger partial charge in [-0.15, -0.1) is 0 Å². The maximum absolute atomic E-state index is 10.8. The van der Waals surface area contributed by atoms with Gasteiger partial charge in [0.1, 0.15) is 0 Å². The number of rotatable bonds is 5. The molecule has 0 N–H and O–H groups in total. The molecular formula is C9H13ClN2O2S. The summed E-state index contributed by atoms with van der Waals surface area (Å²) < 4.78 is 23.5. The number of aryl methyl sites for hydroxylation is 1. The second kappa shape index (κ2) is 4.14. The first-order valence-corrected chi connectivity index (χ1v) is 7.45. The molecule has 1 aromatic rings. The molecule has 1 heterocycles. The van der Waals surface area contributed by atoms with Crippen LogP contribution in [0.25, 0.3) is 0 Å². The summed E-state index contributed by atoms with van der Waals surface area (Å²) in [5.41, 5.74) is 0.950. The molecule has 4 nitrogen and oxygen atoms in total. The van der Waals surface area contributed by atoms with Crippen molar-refractivity contribution in [2.75, 3.05) is 5.75 Å². The topological polar surface area (TPSA) is 52.0 Å².